The summed E-state index contributed by atoms with van der Waals surface area (Å²) in [6.45, 7) is 13.3. The molecule has 49 heavy (non-hydrogen) atoms. The fraction of sp³-hybridized carbons (Fsp3) is 0.442. The van der Waals surface area contributed by atoms with Gasteiger partial charge < -0.3 is 18.9 Å². The molecule has 0 amide bonds. The number of aryl methyl sites for hydroxylation is 1. The van der Waals surface area contributed by atoms with Crippen LogP contribution in [-0.2, 0) is 37.4 Å². The molecule has 0 saturated carbocycles. The van der Waals surface area contributed by atoms with Crippen molar-refractivity contribution in [3.8, 4) is 23.0 Å². The Hall–Kier alpha value is -3.34. The zero-order valence-electron chi connectivity index (χ0n) is 30.0. The highest BCUT2D eigenvalue weighted by Crippen LogP contribution is 2.40. The molecule has 6 heteroatoms. The minimum Gasteiger partial charge on any atom is -0.493 e. The van der Waals surface area contributed by atoms with E-state index in [0.717, 1.165) is 104 Å². The number of para-hydroxylation sites is 1. The van der Waals surface area contributed by atoms with Crippen molar-refractivity contribution < 1.29 is 18.9 Å². The molecule has 0 aromatic heterocycles. The third-order valence-corrected chi connectivity index (χ3v) is 9.42. The fourth-order valence-corrected chi connectivity index (χ4v) is 7.13. The molecule has 1 aliphatic carbocycles. The molecule has 4 aromatic rings. The molecule has 5 rings (SSSR count). The van der Waals surface area contributed by atoms with Crippen LogP contribution in [-0.4, -0.2) is 26.4 Å². The van der Waals surface area contributed by atoms with Crippen molar-refractivity contribution in [2.75, 3.05) is 26.4 Å². The van der Waals surface area contributed by atoms with Gasteiger partial charge in [-0.1, -0.05) is 87.9 Å². The minimum absolute atomic E-state index is 0.410. The van der Waals surface area contributed by atoms with Gasteiger partial charge >= 0.3 is 0 Å². The van der Waals surface area contributed by atoms with E-state index >= 15 is 0 Å². The highest BCUT2D eigenvalue weighted by Gasteiger charge is 2.23. The van der Waals surface area contributed by atoms with Crippen LogP contribution in [0.1, 0.15) is 115 Å². The Morgan fingerprint density at radius 3 is 1.04 bits per heavy atom. The number of alkyl halides is 2. The van der Waals surface area contributed by atoms with Crippen LogP contribution in [0.5, 0.6) is 23.0 Å². The number of hydrogen-bond acceptors (Lipinski definition) is 4. The molecule has 0 N–H and O–H groups in total. The van der Waals surface area contributed by atoms with Gasteiger partial charge in [-0.15, -0.1) is 23.2 Å². The lowest BCUT2D eigenvalue weighted by Crippen LogP contribution is -2.11. The summed E-state index contributed by atoms with van der Waals surface area (Å²) in [5.41, 5.74) is 12.4. The summed E-state index contributed by atoms with van der Waals surface area (Å²) in [6, 6.07) is 19.9. The predicted octanol–water partition coefficient (Wildman–Crippen LogP) is 11.3. The second-order valence-electron chi connectivity index (χ2n) is 13.2. The van der Waals surface area contributed by atoms with Crippen molar-refractivity contribution in [1.29, 1.82) is 0 Å². The standard InChI is InChI=1S/C43H52Cl2O4/c1-6-13-46-40-32-11-10-12-33(40)24-36-19-30(27-44)21-38(42(36)48-15-8-3)26-39-22-31(28-45)20-37(43(39)49-16-9-4)25-35-18-29(5)17-34(23-32)41(35)47-14-7-2/h10-12,17-22H,6-9,13-16,23-28H2,1-5H3. The van der Waals surface area contributed by atoms with Crippen molar-refractivity contribution in [2.45, 2.75) is 97.7 Å². The molecule has 0 aliphatic heterocycles. The zero-order valence-corrected chi connectivity index (χ0v) is 31.5. The van der Waals surface area contributed by atoms with Crippen molar-refractivity contribution in [3.05, 3.63) is 116 Å². The van der Waals surface area contributed by atoms with Gasteiger partial charge in [0.2, 0.25) is 0 Å². The van der Waals surface area contributed by atoms with Crippen LogP contribution in [0, 0.1) is 6.92 Å². The molecule has 8 bridgehead atoms. The minimum atomic E-state index is 0.410. The normalized spacial score (nSPS) is 12.5. The van der Waals surface area contributed by atoms with Crippen LogP contribution in [0.3, 0.4) is 0 Å². The smallest absolute Gasteiger partial charge is 0.126 e. The highest BCUT2D eigenvalue weighted by molar-refractivity contribution is 6.17. The molecule has 0 fully saturated rings. The Bertz CT molecular complexity index is 1710. The lowest BCUT2D eigenvalue weighted by Gasteiger charge is -2.24. The van der Waals surface area contributed by atoms with E-state index in [1.54, 1.807) is 0 Å². The van der Waals surface area contributed by atoms with Gasteiger partial charge in [0.15, 0.2) is 0 Å². The maximum absolute atomic E-state index is 6.65. The Balaban J connectivity index is 1.84. The number of benzene rings is 4. The van der Waals surface area contributed by atoms with Gasteiger partial charge in [-0.25, -0.2) is 0 Å². The van der Waals surface area contributed by atoms with E-state index in [0.29, 0.717) is 63.9 Å². The molecule has 1 aliphatic rings. The second kappa shape index (κ2) is 18.1. The molecule has 4 nitrogen and oxygen atoms in total. The molecule has 0 atom stereocenters. The van der Waals surface area contributed by atoms with Gasteiger partial charge in [-0.3, -0.25) is 0 Å². The molecule has 0 heterocycles. The second-order valence-corrected chi connectivity index (χ2v) is 13.7. The van der Waals surface area contributed by atoms with Crippen LogP contribution in [0.4, 0.5) is 0 Å². The quantitative estimate of drug-likeness (QED) is 0.108. The first kappa shape index (κ1) is 36.9. The lowest BCUT2D eigenvalue weighted by molar-refractivity contribution is 0.304. The molecule has 0 saturated heterocycles. The van der Waals surface area contributed by atoms with Crippen molar-refractivity contribution >= 4 is 23.2 Å². The Morgan fingerprint density at radius 2 is 0.735 bits per heavy atom. The Morgan fingerprint density at radius 1 is 0.449 bits per heavy atom. The van der Waals surface area contributed by atoms with E-state index < -0.39 is 0 Å². The van der Waals surface area contributed by atoms with Crippen molar-refractivity contribution in [1.82, 2.24) is 0 Å². The van der Waals surface area contributed by atoms with E-state index in [9.17, 15) is 0 Å². The number of fused-ring (bicyclic) bond motifs is 8. The van der Waals surface area contributed by atoms with E-state index in [1.165, 1.54) is 5.56 Å². The third-order valence-electron chi connectivity index (χ3n) is 8.80. The van der Waals surface area contributed by atoms with Gasteiger partial charge in [0.25, 0.3) is 0 Å². The summed E-state index contributed by atoms with van der Waals surface area (Å²) in [5.74, 6) is 4.57. The molecular weight excluding hydrogens is 651 g/mol. The first-order valence-electron chi connectivity index (χ1n) is 18.1. The van der Waals surface area contributed by atoms with Crippen LogP contribution < -0.4 is 18.9 Å². The van der Waals surface area contributed by atoms with E-state index in [1.807, 2.05) is 0 Å². The van der Waals surface area contributed by atoms with Gasteiger partial charge in [0.1, 0.15) is 23.0 Å². The Labute approximate surface area is 304 Å². The van der Waals surface area contributed by atoms with Crippen LogP contribution in [0.2, 0.25) is 0 Å². The van der Waals surface area contributed by atoms with E-state index in [-0.39, 0.29) is 0 Å². The number of halogens is 2. The summed E-state index contributed by atoms with van der Waals surface area (Å²) in [4.78, 5) is 0. The van der Waals surface area contributed by atoms with Crippen molar-refractivity contribution in [3.63, 3.8) is 0 Å². The number of rotatable bonds is 14. The molecule has 262 valence electrons. The summed E-state index contributed by atoms with van der Waals surface area (Å²) in [5, 5.41) is 0. The molecule has 0 spiro atoms. The Kier molecular flexibility index (Phi) is 13.6. The third kappa shape index (κ3) is 9.07. The number of hydrogen-bond donors (Lipinski definition) is 0. The largest absolute Gasteiger partial charge is 0.493 e. The van der Waals surface area contributed by atoms with Gasteiger partial charge in [-0.05, 0) is 88.2 Å². The van der Waals surface area contributed by atoms with Crippen LogP contribution >= 0.6 is 23.2 Å². The SMILES string of the molecule is CCCOc1c2cccc1Cc1cc(CCl)cc(c1OCCC)Cc1cc(CCl)cc(c1OCCC)Cc1cc(C)cc(c1OCCC)C2. The average molecular weight is 704 g/mol. The maximum atomic E-state index is 6.65. The summed E-state index contributed by atoms with van der Waals surface area (Å²) in [7, 11) is 0. The zero-order chi connectivity index (χ0) is 34.8. The van der Waals surface area contributed by atoms with Gasteiger partial charge in [-0.2, -0.15) is 0 Å². The van der Waals surface area contributed by atoms with Gasteiger partial charge in [0.05, 0.1) is 26.4 Å². The topological polar surface area (TPSA) is 36.9 Å². The average Bonchev–Trinajstić information content (AvgIpc) is 3.09. The van der Waals surface area contributed by atoms with Crippen LogP contribution in [0.15, 0.2) is 54.6 Å². The van der Waals surface area contributed by atoms with E-state index in [4.69, 9.17) is 42.1 Å². The highest BCUT2D eigenvalue weighted by atomic mass is 35.5. The molecular formula is C43H52Cl2O4. The fourth-order valence-electron chi connectivity index (χ4n) is 6.82. The lowest BCUT2D eigenvalue weighted by atomic mass is 9.89. The summed E-state index contributed by atoms with van der Waals surface area (Å²) >= 11 is 13.2. The number of ether oxygens (including phenoxy) is 4. The van der Waals surface area contributed by atoms with Crippen LogP contribution in [0.25, 0.3) is 0 Å². The van der Waals surface area contributed by atoms with E-state index in [2.05, 4.69) is 89.2 Å². The molecule has 0 unspecified atom stereocenters. The molecule has 0 radical (unpaired) electrons. The predicted molar refractivity (Wildman–Crippen MR) is 204 cm³/mol. The maximum Gasteiger partial charge on any atom is 0.126 e. The monoisotopic (exact) mass is 702 g/mol. The first-order chi connectivity index (χ1) is 23.9. The molecule has 4 aromatic carbocycles. The summed E-state index contributed by atoms with van der Waals surface area (Å²) in [6.07, 6.45) is 6.32. The van der Waals surface area contributed by atoms with Gasteiger partial charge in [0, 0.05) is 37.4 Å². The van der Waals surface area contributed by atoms with Crippen molar-refractivity contribution in [2.24, 2.45) is 0 Å². The summed E-state index contributed by atoms with van der Waals surface area (Å²) < 4.78 is 26.5. The first-order valence-corrected chi connectivity index (χ1v) is 19.1.